The molecule has 0 radical (unpaired) electrons. The average Bonchev–Trinajstić information content (AvgIpc) is 3.28. The third-order valence-electron chi connectivity index (χ3n) is 5.19. The van der Waals surface area contributed by atoms with Gasteiger partial charge in [0, 0.05) is 28.3 Å². The highest BCUT2D eigenvalue weighted by molar-refractivity contribution is 7.14. The van der Waals surface area contributed by atoms with Crippen LogP contribution in [0.4, 0.5) is 5.13 Å². The fourth-order valence-electron chi connectivity index (χ4n) is 3.43. The lowest BCUT2D eigenvalue weighted by Gasteiger charge is -2.04. The van der Waals surface area contributed by atoms with Crippen molar-refractivity contribution in [2.45, 2.75) is 32.1 Å². The SMILES string of the molecule is NCCCc1c(C(=O)O)[nH]c2ccc(C(=O)Nc3nc(C(=O)CC4CC4)cs3)cc12. The van der Waals surface area contributed by atoms with E-state index in [0.29, 0.717) is 64.6 Å². The number of thiazole rings is 1. The van der Waals surface area contributed by atoms with Crippen molar-refractivity contribution in [2.24, 2.45) is 11.7 Å². The van der Waals surface area contributed by atoms with Crippen molar-refractivity contribution < 1.29 is 19.5 Å². The second-order valence-corrected chi connectivity index (χ2v) is 8.36. The highest BCUT2D eigenvalue weighted by Crippen LogP contribution is 2.34. The number of benzene rings is 1. The van der Waals surface area contributed by atoms with E-state index in [2.05, 4.69) is 15.3 Å². The summed E-state index contributed by atoms with van der Waals surface area (Å²) in [6.07, 6.45) is 3.84. The summed E-state index contributed by atoms with van der Waals surface area (Å²) < 4.78 is 0. The lowest BCUT2D eigenvalue weighted by molar-refractivity contribution is 0.0689. The predicted molar refractivity (Wildman–Crippen MR) is 114 cm³/mol. The number of anilines is 1. The van der Waals surface area contributed by atoms with Crippen LogP contribution in [0.1, 0.15) is 62.6 Å². The molecule has 1 aromatic carbocycles. The number of aromatic carboxylic acids is 1. The summed E-state index contributed by atoms with van der Waals surface area (Å²) in [6, 6.07) is 4.99. The molecule has 1 amide bonds. The first kappa shape index (κ1) is 20.2. The molecule has 0 unspecified atom stereocenters. The number of rotatable bonds is 9. The number of nitrogens with one attached hydrogen (secondary N) is 2. The first-order valence-electron chi connectivity index (χ1n) is 9.84. The number of Topliss-reactive ketones (excluding diaryl/α,β-unsaturated/α-hetero) is 1. The Hall–Kier alpha value is -3.04. The summed E-state index contributed by atoms with van der Waals surface area (Å²) in [5, 5.41) is 14.9. The van der Waals surface area contributed by atoms with E-state index in [-0.39, 0.29) is 17.4 Å². The van der Waals surface area contributed by atoms with Gasteiger partial charge in [-0.3, -0.25) is 14.9 Å². The maximum atomic E-state index is 12.7. The number of amides is 1. The van der Waals surface area contributed by atoms with Crippen LogP contribution >= 0.6 is 11.3 Å². The van der Waals surface area contributed by atoms with Gasteiger partial charge in [-0.05, 0) is 61.9 Å². The molecule has 0 atom stereocenters. The lowest BCUT2D eigenvalue weighted by atomic mass is 10.0. The number of aryl methyl sites for hydroxylation is 1. The summed E-state index contributed by atoms with van der Waals surface area (Å²) in [6.45, 7) is 0.442. The minimum absolute atomic E-state index is 0.00809. The van der Waals surface area contributed by atoms with Gasteiger partial charge in [-0.1, -0.05) is 0 Å². The summed E-state index contributed by atoms with van der Waals surface area (Å²) in [5.74, 6) is -0.922. The Balaban J connectivity index is 1.55. The Morgan fingerprint density at radius 1 is 1.30 bits per heavy atom. The van der Waals surface area contributed by atoms with Gasteiger partial charge in [0.1, 0.15) is 11.4 Å². The molecule has 9 heteroatoms. The van der Waals surface area contributed by atoms with Gasteiger partial charge in [-0.2, -0.15) is 0 Å². The van der Waals surface area contributed by atoms with Crippen molar-refractivity contribution in [3.63, 3.8) is 0 Å². The molecule has 1 aliphatic rings. The summed E-state index contributed by atoms with van der Waals surface area (Å²) in [5.41, 5.74) is 7.76. The molecule has 5 N–H and O–H groups in total. The molecule has 30 heavy (non-hydrogen) atoms. The zero-order valence-corrected chi connectivity index (χ0v) is 17.1. The van der Waals surface area contributed by atoms with Crippen molar-refractivity contribution in [3.8, 4) is 0 Å². The number of carboxylic acids is 1. The zero-order chi connectivity index (χ0) is 21.3. The van der Waals surface area contributed by atoms with E-state index >= 15 is 0 Å². The van der Waals surface area contributed by atoms with Gasteiger partial charge in [-0.25, -0.2) is 9.78 Å². The monoisotopic (exact) mass is 426 g/mol. The molecule has 3 aromatic rings. The third kappa shape index (κ3) is 4.27. The Kier molecular flexibility index (Phi) is 5.65. The molecule has 0 spiro atoms. The molecule has 2 heterocycles. The van der Waals surface area contributed by atoms with Crippen LogP contribution in [0.3, 0.4) is 0 Å². The van der Waals surface area contributed by atoms with E-state index in [0.717, 1.165) is 12.8 Å². The highest BCUT2D eigenvalue weighted by Gasteiger charge is 2.26. The van der Waals surface area contributed by atoms with Crippen LogP contribution in [0.15, 0.2) is 23.6 Å². The fraction of sp³-hybridized carbons (Fsp3) is 0.333. The second kappa shape index (κ2) is 8.37. The van der Waals surface area contributed by atoms with Gasteiger partial charge in [0.2, 0.25) is 0 Å². The van der Waals surface area contributed by atoms with E-state index < -0.39 is 5.97 Å². The van der Waals surface area contributed by atoms with Crippen LogP contribution in [0.2, 0.25) is 0 Å². The number of aromatic nitrogens is 2. The number of aromatic amines is 1. The Labute approximate surface area is 176 Å². The predicted octanol–water partition coefficient (Wildman–Crippen LogP) is 3.45. The quantitative estimate of drug-likeness (QED) is 0.387. The van der Waals surface area contributed by atoms with E-state index in [4.69, 9.17) is 5.73 Å². The van der Waals surface area contributed by atoms with Crippen LogP contribution in [0.5, 0.6) is 0 Å². The van der Waals surface area contributed by atoms with Gasteiger partial charge in [0.05, 0.1) is 0 Å². The van der Waals surface area contributed by atoms with Crippen molar-refractivity contribution in [2.75, 3.05) is 11.9 Å². The average molecular weight is 426 g/mol. The molecular formula is C21H22N4O4S. The summed E-state index contributed by atoms with van der Waals surface area (Å²) in [4.78, 5) is 43.6. The molecule has 156 valence electrons. The number of hydrogen-bond donors (Lipinski definition) is 4. The number of hydrogen-bond acceptors (Lipinski definition) is 6. The molecule has 8 nitrogen and oxygen atoms in total. The number of fused-ring (bicyclic) bond motifs is 1. The smallest absolute Gasteiger partial charge is 0.352 e. The Morgan fingerprint density at radius 2 is 2.10 bits per heavy atom. The standard InChI is InChI=1S/C21H22N4O4S/c22-7-1-2-13-14-9-12(5-6-15(14)23-18(13)20(28)29)19(27)25-21-24-16(10-30-21)17(26)8-11-3-4-11/h5-6,9-11,23H,1-4,7-8,22H2,(H,28,29)(H,24,25,27). The number of carbonyl (C=O) groups excluding carboxylic acids is 2. The fourth-order valence-corrected chi connectivity index (χ4v) is 4.14. The van der Waals surface area contributed by atoms with Crippen LogP contribution in [0.25, 0.3) is 10.9 Å². The van der Waals surface area contributed by atoms with E-state index in [1.54, 1.807) is 23.6 Å². The molecule has 2 aromatic heterocycles. The van der Waals surface area contributed by atoms with Gasteiger partial charge in [-0.15, -0.1) is 11.3 Å². The maximum Gasteiger partial charge on any atom is 0.352 e. The first-order chi connectivity index (χ1) is 14.5. The van der Waals surface area contributed by atoms with Crippen molar-refractivity contribution in [1.82, 2.24) is 9.97 Å². The number of carbonyl (C=O) groups is 3. The Bertz CT molecular complexity index is 1130. The number of H-pyrrole nitrogens is 1. The minimum Gasteiger partial charge on any atom is -0.477 e. The van der Waals surface area contributed by atoms with E-state index in [1.807, 2.05) is 0 Å². The second-order valence-electron chi connectivity index (χ2n) is 7.50. The van der Waals surface area contributed by atoms with Crippen molar-refractivity contribution in [1.29, 1.82) is 0 Å². The normalized spacial score (nSPS) is 13.5. The maximum absolute atomic E-state index is 12.7. The molecule has 0 aliphatic heterocycles. The summed E-state index contributed by atoms with van der Waals surface area (Å²) >= 11 is 1.21. The van der Waals surface area contributed by atoms with Crippen LogP contribution in [-0.2, 0) is 6.42 Å². The van der Waals surface area contributed by atoms with E-state index in [9.17, 15) is 19.5 Å². The van der Waals surface area contributed by atoms with Crippen LogP contribution < -0.4 is 11.1 Å². The number of nitrogens with two attached hydrogens (primary N) is 1. The van der Waals surface area contributed by atoms with Crippen molar-refractivity contribution in [3.05, 3.63) is 46.1 Å². The minimum atomic E-state index is -1.05. The molecule has 4 rings (SSSR count). The van der Waals surface area contributed by atoms with Gasteiger partial charge in [0.15, 0.2) is 10.9 Å². The largest absolute Gasteiger partial charge is 0.477 e. The van der Waals surface area contributed by atoms with Crippen LogP contribution in [-0.4, -0.2) is 39.3 Å². The topological polar surface area (TPSA) is 138 Å². The number of carboxylic acid groups (broad SMARTS) is 1. The number of nitrogens with zero attached hydrogens (tertiary/aromatic N) is 1. The van der Waals surface area contributed by atoms with Crippen LogP contribution in [0, 0.1) is 5.92 Å². The zero-order valence-electron chi connectivity index (χ0n) is 16.2. The van der Waals surface area contributed by atoms with E-state index in [1.165, 1.54) is 11.3 Å². The van der Waals surface area contributed by atoms with Gasteiger partial charge in [0.25, 0.3) is 5.91 Å². The van der Waals surface area contributed by atoms with Gasteiger partial charge >= 0.3 is 5.97 Å². The first-order valence-corrected chi connectivity index (χ1v) is 10.7. The van der Waals surface area contributed by atoms with Crippen molar-refractivity contribution >= 4 is 45.0 Å². The molecule has 1 saturated carbocycles. The molecule has 1 fully saturated rings. The van der Waals surface area contributed by atoms with Gasteiger partial charge < -0.3 is 15.8 Å². The molecular weight excluding hydrogens is 404 g/mol. The molecule has 0 saturated heterocycles. The highest BCUT2D eigenvalue weighted by atomic mass is 32.1. The number of ketones is 1. The third-order valence-corrected chi connectivity index (χ3v) is 5.95. The summed E-state index contributed by atoms with van der Waals surface area (Å²) in [7, 11) is 0. The lowest BCUT2D eigenvalue weighted by Crippen LogP contribution is -2.12. The Morgan fingerprint density at radius 3 is 2.80 bits per heavy atom. The molecule has 0 bridgehead atoms. The molecule has 1 aliphatic carbocycles.